The zero-order valence-corrected chi connectivity index (χ0v) is 10.7. The van der Waals surface area contributed by atoms with E-state index in [0.717, 1.165) is 17.7 Å². The highest BCUT2D eigenvalue weighted by Gasteiger charge is 2.04. The minimum atomic E-state index is -0.226. The zero-order valence-electron chi connectivity index (χ0n) is 9.90. The first-order chi connectivity index (χ1) is 8.81. The third-order valence-corrected chi connectivity index (χ3v) is 2.83. The number of hydrogen-bond acceptors (Lipinski definition) is 1. The van der Waals surface area contributed by atoms with Gasteiger partial charge in [0.15, 0.2) is 0 Å². The van der Waals surface area contributed by atoms with Crippen molar-refractivity contribution in [3.8, 4) is 16.9 Å². The highest BCUT2D eigenvalue weighted by atomic mass is 35.5. The summed E-state index contributed by atoms with van der Waals surface area (Å²) in [6, 6.07) is 14.1. The third kappa shape index (κ3) is 3.23. The fraction of sp³-hybridized carbons (Fsp3) is 0.200. The Balaban J connectivity index is 2.19. The molecule has 0 fully saturated rings. The van der Waals surface area contributed by atoms with Crippen LogP contribution >= 0.6 is 11.6 Å². The highest BCUT2D eigenvalue weighted by molar-refractivity contribution is 6.17. The van der Waals surface area contributed by atoms with Gasteiger partial charge in [0.1, 0.15) is 11.6 Å². The number of alkyl halides is 1. The van der Waals surface area contributed by atoms with E-state index in [0.29, 0.717) is 18.1 Å². The topological polar surface area (TPSA) is 9.23 Å². The smallest absolute Gasteiger partial charge is 0.131 e. The maximum Gasteiger partial charge on any atom is 0.131 e. The molecule has 0 N–H and O–H groups in total. The van der Waals surface area contributed by atoms with Crippen molar-refractivity contribution in [3.63, 3.8) is 0 Å². The summed E-state index contributed by atoms with van der Waals surface area (Å²) < 4.78 is 19.2. The molecule has 0 saturated heterocycles. The van der Waals surface area contributed by atoms with E-state index in [9.17, 15) is 4.39 Å². The van der Waals surface area contributed by atoms with Crippen molar-refractivity contribution in [2.24, 2.45) is 0 Å². The van der Waals surface area contributed by atoms with Crippen molar-refractivity contribution >= 4 is 11.6 Å². The Kier molecular flexibility index (Phi) is 4.59. The predicted molar refractivity (Wildman–Crippen MR) is 72.7 cm³/mol. The van der Waals surface area contributed by atoms with Crippen molar-refractivity contribution in [2.75, 3.05) is 12.5 Å². The Morgan fingerprint density at radius 3 is 2.67 bits per heavy atom. The average molecular weight is 265 g/mol. The summed E-state index contributed by atoms with van der Waals surface area (Å²) in [4.78, 5) is 0. The van der Waals surface area contributed by atoms with E-state index in [1.165, 1.54) is 6.07 Å². The fourth-order valence-electron chi connectivity index (χ4n) is 1.69. The predicted octanol–water partition coefficient (Wildman–Crippen LogP) is 4.50. The summed E-state index contributed by atoms with van der Waals surface area (Å²) in [5.41, 5.74) is 1.40. The van der Waals surface area contributed by atoms with Gasteiger partial charge in [-0.2, -0.15) is 0 Å². The lowest BCUT2D eigenvalue weighted by atomic mass is 10.1. The van der Waals surface area contributed by atoms with Crippen LogP contribution in [0.5, 0.6) is 5.75 Å². The molecule has 0 heterocycles. The van der Waals surface area contributed by atoms with Crippen LogP contribution < -0.4 is 4.74 Å². The van der Waals surface area contributed by atoms with Gasteiger partial charge in [-0.3, -0.25) is 0 Å². The summed E-state index contributed by atoms with van der Waals surface area (Å²) in [5.74, 6) is 1.09. The normalized spacial score (nSPS) is 10.3. The van der Waals surface area contributed by atoms with Crippen LogP contribution in [-0.4, -0.2) is 12.5 Å². The van der Waals surface area contributed by atoms with E-state index in [1.54, 1.807) is 12.1 Å². The van der Waals surface area contributed by atoms with Gasteiger partial charge in [0, 0.05) is 11.4 Å². The van der Waals surface area contributed by atoms with E-state index in [4.69, 9.17) is 16.3 Å². The monoisotopic (exact) mass is 264 g/mol. The van der Waals surface area contributed by atoms with Gasteiger partial charge in [0.25, 0.3) is 0 Å². The first-order valence-electron chi connectivity index (χ1n) is 5.85. The van der Waals surface area contributed by atoms with E-state index in [-0.39, 0.29) is 5.82 Å². The van der Waals surface area contributed by atoms with Crippen LogP contribution in [0.25, 0.3) is 11.1 Å². The molecule has 0 bridgehead atoms. The van der Waals surface area contributed by atoms with Gasteiger partial charge in [0.05, 0.1) is 6.61 Å². The van der Waals surface area contributed by atoms with Gasteiger partial charge < -0.3 is 4.74 Å². The maximum atomic E-state index is 13.7. The molecule has 18 heavy (non-hydrogen) atoms. The highest BCUT2D eigenvalue weighted by Crippen LogP contribution is 2.26. The van der Waals surface area contributed by atoms with Crippen LogP contribution in [0.2, 0.25) is 0 Å². The molecule has 94 valence electrons. The molecule has 1 nitrogen and oxygen atoms in total. The number of ether oxygens (including phenoxy) is 1. The lowest BCUT2D eigenvalue weighted by Crippen LogP contribution is -1.97. The minimum Gasteiger partial charge on any atom is -0.494 e. The number of rotatable bonds is 5. The first kappa shape index (κ1) is 12.9. The molecule has 2 aromatic carbocycles. The van der Waals surface area contributed by atoms with Crippen molar-refractivity contribution in [1.29, 1.82) is 0 Å². The van der Waals surface area contributed by atoms with E-state index >= 15 is 0 Å². The molecule has 0 spiro atoms. The van der Waals surface area contributed by atoms with Gasteiger partial charge >= 0.3 is 0 Å². The minimum absolute atomic E-state index is 0.226. The second-order valence-electron chi connectivity index (χ2n) is 3.90. The molecule has 0 radical (unpaired) electrons. The molecule has 0 atom stereocenters. The lowest BCUT2D eigenvalue weighted by molar-refractivity contribution is 0.318. The molecule has 3 heteroatoms. The summed E-state index contributed by atoms with van der Waals surface area (Å²) in [7, 11) is 0. The Morgan fingerprint density at radius 2 is 1.89 bits per heavy atom. The van der Waals surface area contributed by atoms with E-state index in [2.05, 4.69) is 0 Å². The zero-order chi connectivity index (χ0) is 12.8. The number of hydrogen-bond donors (Lipinski definition) is 0. The summed E-state index contributed by atoms with van der Waals surface area (Å²) >= 11 is 5.59. The van der Waals surface area contributed by atoms with Gasteiger partial charge in [-0.05, 0) is 30.2 Å². The summed E-state index contributed by atoms with van der Waals surface area (Å²) in [6.45, 7) is 0.574. The lowest BCUT2D eigenvalue weighted by Gasteiger charge is -2.08. The molecule has 2 aromatic rings. The van der Waals surface area contributed by atoms with Crippen LogP contribution in [0.3, 0.4) is 0 Å². The van der Waals surface area contributed by atoms with Crippen LogP contribution in [0.4, 0.5) is 4.39 Å². The summed E-state index contributed by atoms with van der Waals surface area (Å²) in [6.07, 6.45) is 0.797. The fourth-order valence-corrected chi connectivity index (χ4v) is 1.80. The van der Waals surface area contributed by atoms with Crippen LogP contribution in [-0.2, 0) is 0 Å². The van der Waals surface area contributed by atoms with Gasteiger partial charge in [-0.1, -0.05) is 30.3 Å². The number of benzene rings is 2. The van der Waals surface area contributed by atoms with Gasteiger partial charge in [-0.25, -0.2) is 4.39 Å². The SMILES string of the molecule is Fc1ccccc1-c1cccc(OCCCCl)c1. The molecule has 0 unspecified atom stereocenters. The Labute approximate surface area is 111 Å². The van der Waals surface area contributed by atoms with Crippen molar-refractivity contribution < 1.29 is 9.13 Å². The van der Waals surface area contributed by atoms with E-state index < -0.39 is 0 Å². The Hall–Kier alpha value is -1.54. The average Bonchev–Trinajstić information content (AvgIpc) is 2.40. The van der Waals surface area contributed by atoms with Crippen molar-refractivity contribution in [3.05, 3.63) is 54.3 Å². The molecule has 2 rings (SSSR count). The first-order valence-corrected chi connectivity index (χ1v) is 6.38. The van der Waals surface area contributed by atoms with Crippen LogP contribution in [0.15, 0.2) is 48.5 Å². The molecule has 0 aliphatic rings. The van der Waals surface area contributed by atoms with E-state index in [1.807, 2.05) is 30.3 Å². The van der Waals surface area contributed by atoms with Crippen molar-refractivity contribution in [1.82, 2.24) is 0 Å². The third-order valence-electron chi connectivity index (χ3n) is 2.57. The Morgan fingerprint density at radius 1 is 1.06 bits per heavy atom. The summed E-state index contributed by atoms with van der Waals surface area (Å²) in [5, 5.41) is 0. The van der Waals surface area contributed by atoms with Gasteiger partial charge in [0.2, 0.25) is 0 Å². The molecule has 0 amide bonds. The molecule has 0 aliphatic heterocycles. The second-order valence-corrected chi connectivity index (χ2v) is 4.28. The van der Waals surface area contributed by atoms with Crippen LogP contribution in [0, 0.1) is 5.82 Å². The maximum absolute atomic E-state index is 13.7. The molecule has 0 saturated carbocycles. The van der Waals surface area contributed by atoms with Crippen molar-refractivity contribution in [2.45, 2.75) is 6.42 Å². The van der Waals surface area contributed by atoms with Crippen LogP contribution in [0.1, 0.15) is 6.42 Å². The molecular weight excluding hydrogens is 251 g/mol. The number of halogens is 2. The quantitative estimate of drug-likeness (QED) is 0.571. The molecule has 0 aromatic heterocycles. The largest absolute Gasteiger partial charge is 0.494 e. The molecule has 0 aliphatic carbocycles. The second kappa shape index (κ2) is 6.41. The Bertz CT molecular complexity index is 513. The molecular formula is C15H14ClFO. The van der Waals surface area contributed by atoms with Gasteiger partial charge in [-0.15, -0.1) is 11.6 Å². The standard InChI is InChI=1S/C15H14ClFO/c16-9-4-10-18-13-6-3-5-12(11-13)14-7-1-2-8-15(14)17/h1-3,5-8,11H,4,9-10H2.